The average molecular weight is 406 g/mol. The minimum Gasteiger partial charge on any atom is -0.377 e. The molecule has 30 heavy (non-hydrogen) atoms. The number of primary amides is 1. The molecule has 1 unspecified atom stereocenters. The van der Waals surface area contributed by atoms with Crippen molar-refractivity contribution < 1.29 is 14.4 Å². The number of nitrogens with one attached hydrogen (secondary N) is 1. The number of piperazine rings is 1. The van der Waals surface area contributed by atoms with Gasteiger partial charge in [0.25, 0.3) is 0 Å². The first-order chi connectivity index (χ1) is 14.2. The van der Waals surface area contributed by atoms with Crippen LogP contribution in [-0.4, -0.2) is 42.8 Å². The van der Waals surface area contributed by atoms with Crippen molar-refractivity contribution >= 4 is 29.1 Å². The summed E-state index contributed by atoms with van der Waals surface area (Å²) in [6, 6.07) is 13.3. The second-order valence-corrected chi connectivity index (χ2v) is 8.76. The topological polar surface area (TPSA) is 95.7 Å². The highest BCUT2D eigenvalue weighted by atomic mass is 16.2. The molecule has 2 aliphatic heterocycles. The molecule has 1 fully saturated rings. The molecule has 0 aliphatic carbocycles. The Morgan fingerprint density at radius 1 is 1.10 bits per heavy atom. The van der Waals surface area contributed by atoms with Gasteiger partial charge in [0.05, 0.1) is 6.04 Å². The quantitative estimate of drug-likeness (QED) is 0.765. The molecule has 2 aliphatic rings. The van der Waals surface area contributed by atoms with E-state index in [1.165, 1.54) is 4.90 Å². The van der Waals surface area contributed by atoms with Crippen LogP contribution in [0.15, 0.2) is 42.5 Å². The summed E-state index contributed by atoms with van der Waals surface area (Å²) in [5.41, 5.74) is 9.59. The van der Waals surface area contributed by atoms with Gasteiger partial charge in [-0.15, -0.1) is 0 Å². The van der Waals surface area contributed by atoms with Gasteiger partial charge in [-0.25, -0.2) is 0 Å². The number of amides is 3. The van der Waals surface area contributed by atoms with Gasteiger partial charge in [-0.1, -0.05) is 26.0 Å². The van der Waals surface area contributed by atoms with Crippen LogP contribution >= 0.6 is 0 Å². The number of fused-ring (bicyclic) bond motifs is 1. The molecule has 0 spiro atoms. The zero-order valence-corrected chi connectivity index (χ0v) is 17.4. The van der Waals surface area contributed by atoms with Gasteiger partial charge in [0.15, 0.2) is 0 Å². The Balaban J connectivity index is 1.66. The van der Waals surface area contributed by atoms with Gasteiger partial charge in [0.2, 0.25) is 5.91 Å². The lowest BCUT2D eigenvalue weighted by Gasteiger charge is -2.42. The first-order valence-electron chi connectivity index (χ1n) is 10.0. The smallest absolute Gasteiger partial charge is 0.316 e. The van der Waals surface area contributed by atoms with Crippen molar-refractivity contribution in [2.75, 3.05) is 30.4 Å². The lowest BCUT2D eigenvalue weighted by atomic mass is 9.72. The molecular weight excluding hydrogens is 380 g/mol. The maximum atomic E-state index is 12.5. The van der Waals surface area contributed by atoms with E-state index in [0.29, 0.717) is 18.7 Å². The van der Waals surface area contributed by atoms with E-state index in [1.54, 1.807) is 18.0 Å². The highest BCUT2D eigenvalue weighted by Gasteiger charge is 2.37. The third-order valence-electron chi connectivity index (χ3n) is 6.07. The van der Waals surface area contributed by atoms with Crippen molar-refractivity contribution in [2.45, 2.75) is 26.3 Å². The molecule has 4 rings (SSSR count). The Bertz CT molecular complexity index is 1050. The van der Waals surface area contributed by atoms with Crippen LogP contribution in [0.3, 0.4) is 0 Å². The van der Waals surface area contributed by atoms with Crippen LogP contribution < -0.4 is 16.0 Å². The maximum Gasteiger partial charge on any atom is 0.316 e. The van der Waals surface area contributed by atoms with Crippen molar-refractivity contribution in [1.82, 2.24) is 4.90 Å². The summed E-state index contributed by atoms with van der Waals surface area (Å²) in [6.07, 6.45) is 0.775. The van der Waals surface area contributed by atoms with E-state index < -0.39 is 17.7 Å². The van der Waals surface area contributed by atoms with Crippen LogP contribution in [0.25, 0.3) is 0 Å². The largest absolute Gasteiger partial charge is 0.377 e. The van der Waals surface area contributed by atoms with Gasteiger partial charge in [0, 0.05) is 37.1 Å². The number of hydrogen-bond donors (Lipinski definition) is 2. The first kappa shape index (κ1) is 19.9. The standard InChI is InChI=1S/C23H26N4O3/c1-23(2)13-16-11-15(20(24)28)7-8-18(16)25-19(23)14-5-4-6-17(12-14)27-10-9-26(3)21(29)22(27)30/h4-8,11-12,19,25H,9-10,13H2,1-3H3,(H2,24,28). The number of nitrogens with two attached hydrogens (primary N) is 1. The molecule has 0 saturated carbocycles. The Morgan fingerprint density at radius 2 is 1.87 bits per heavy atom. The molecule has 0 bridgehead atoms. The second-order valence-electron chi connectivity index (χ2n) is 8.76. The number of carbonyl (C=O) groups excluding carboxylic acids is 3. The van der Waals surface area contributed by atoms with Crippen LogP contribution in [0.4, 0.5) is 11.4 Å². The molecule has 7 nitrogen and oxygen atoms in total. The summed E-state index contributed by atoms with van der Waals surface area (Å²) >= 11 is 0. The Morgan fingerprint density at radius 3 is 2.60 bits per heavy atom. The number of nitrogens with zero attached hydrogens (tertiary/aromatic N) is 2. The molecule has 2 heterocycles. The molecule has 7 heteroatoms. The minimum absolute atomic E-state index is 0.00245. The van der Waals surface area contributed by atoms with Crippen molar-refractivity contribution in [3.63, 3.8) is 0 Å². The third-order valence-corrected chi connectivity index (χ3v) is 6.07. The normalized spacial score (nSPS) is 20.6. The number of rotatable bonds is 3. The zero-order chi connectivity index (χ0) is 21.6. The lowest BCUT2D eigenvalue weighted by Crippen LogP contribution is -2.53. The molecule has 2 aromatic rings. The van der Waals surface area contributed by atoms with Gasteiger partial charge < -0.3 is 20.9 Å². The van der Waals surface area contributed by atoms with Crippen LogP contribution in [-0.2, 0) is 16.0 Å². The number of hydrogen-bond acceptors (Lipinski definition) is 4. The van der Waals surface area contributed by atoms with Crippen LogP contribution in [0.1, 0.15) is 41.4 Å². The van der Waals surface area contributed by atoms with E-state index in [2.05, 4.69) is 19.2 Å². The Kier molecular flexibility index (Phi) is 4.76. The summed E-state index contributed by atoms with van der Waals surface area (Å²) in [6.45, 7) is 5.33. The SMILES string of the molecule is CN1CCN(c2cccc(C3Nc4ccc(C(N)=O)cc4CC3(C)C)c2)C(=O)C1=O. The predicted molar refractivity (Wildman–Crippen MR) is 115 cm³/mol. The van der Waals surface area contributed by atoms with Gasteiger partial charge >= 0.3 is 11.8 Å². The van der Waals surface area contributed by atoms with E-state index in [1.807, 2.05) is 36.4 Å². The third kappa shape index (κ3) is 3.40. The van der Waals surface area contributed by atoms with Gasteiger partial charge in [0.1, 0.15) is 0 Å². The first-order valence-corrected chi connectivity index (χ1v) is 10.0. The number of benzene rings is 2. The molecule has 156 valence electrons. The number of anilines is 2. The summed E-state index contributed by atoms with van der Waals surface area (Å²) in [7, 11) is 1.64. The summed E-state index contributed by atoms with van der Waals surface area (Å²) in [5.74, 6) is -1.42. The van der Waals surface area contributed by atoms with Crippen LogP contribution in [0.2, 0.25) is 0 Å². The molecule has 0 aromatic heterocycles. The Labute approximate surface area is 175 Å². The summed E-state index contributed by atoms with van der Waals surface area (Å²) in [5, 5.41) is 3.60. The van der Waals surface area contributed by atoms with E-state index >= 15 is 0 Å². The fourth-order valence-electron chi connectivity index (χ4n) is 4.36. The molecule has 1 atom stereocenters. The lowest BCUT2D eigenvalue weighted by molar-refractivity contribution is -0.145. The van der Waals surface area contributed by atoms with Gasteiger partial charge in [-0.05, 0) is 53.3 Å². The van der Waals surface area contributed by atoms with Crippen molar-refractivity contribution in [3.05, 3.63) is 59.2 Å². The molecular formula is C23H26N4O3. The Hall–Kier alpha value is -3.35. The summed E-state index contributed by atoms with van der Waals surface area (Å²) in [4.78, 5) is 39.1. The van der Waals surface area contributed by atoms with E-state index in [9.17, 15) is 14.4 Å². The van der Waals surface area contributed by atoms with Gasteiger partial charge in [-0.3, -0.25) is 14.4 Å². The predicted octanol–water partition coefficient (Wildman–Crippen LogP) is 2.33. The number of likely N-dealkylation sites (N-methyl/N-ethyl adjacent to an activating group) is 1. The van der Waals surface area contributed by atoms with Crippen molar-refractivity contribution in [2.24, 2.45) is 11.1 Å². The van der Waals surface area contributed by atoms with Crippen LogP contribution in [0.5, 0.6) is 0 Å². The highest BCUT2D eigenvalue weighted by Crippen LogP contribution is 2.45. The molecule has 1 saturated heterocycles. The average Bonchev–Trinajstić information content (AvgIpc) is 2.70. The fraction of sp³-hybridized carbons (Fsp3) is 0.348. The summed E-state index contributed by atoms with van der Waals surface area (Å²) < 4.78 is 0. The highest BCUT2D eigenvalue weighted by molar-refractivity contribution is 6.40. The van der Waals surface area contributed by atoms with Crippen LogP contribution in [0, 0.1) is 5.41 Å². The maximum absolute atomic E-state index is 12.5. The van der Waals surface area contributed by atoms with E-state index in [0.717, 1.165) is 28.9 Å². The fourth-order valence-corrected chi connectivity index (χ4v) is 4.36. The van der Waals surface area contributed by atoms with Gasteiger partial charge in [-0.2, -0.15) is 0 Å². The van der Waals surface area contributed by atoms with E-state index in [4.69, 9.17) is 5.73 Å². The van der Waals surface area contributed by atoms with Crippen molar-refractivity contribution in [3.8, 4) is 0 Å². The molecule has 0 radical (unpaired) electrons. The monoisotopic (exact) mass is 406 g/mol. The number of carbonyl (C=O) groups is 3. The van der Waals surface area contributed by atoms with E-state index in [-0.39, 0.29) is 11.5 Å². The minimum atomic E-state index is -0.499. The molecule has 3 amide bonds. The molecule has 2 aromatic carbocycles. The zero-order valence-electron chi connectivity index (χ0n) is 17.4. The van der Waals surface area contributed by atoms with Crippen molar-refractivity contribution in [1.29, 1.82) is 0 Å². The second kappa shape index (κ2) is 7.16. The molecule has 3 N–H and O–H groups in total.